The molecular formula is C14H21ClN4O. The fourth-order valence-corrected chi connectivity index (χ4v) is 3.04. The Bertz CT molecular complexity index is 486. The minimum Gasteiger partial charge on any atom is -0.351 e. The SMILES string of the molecule is CCC1(CNC(=O)c2cnc(NN)c(Cl)c2)CCCC1. The van der Waals surface area contributed by atoms with E-state index in [1.807, 2.05) is 0 Å². The number of rotatable bonds is 5. The standard InChI is InChI=1S/C14H21ClN4O/c1-2-14(5-3-4-6-14)9-18-13(20)10-7-11(15)12(19-16)17-8-10/h7-8H,2-6,9,16H2,1H3,(H,17,19)(H,18,20). The maximum absolute atomic E-state index is 12.1. The highest BCUT2D eigenvalue weighted by atomic mass is 35.5. The van der Waals surface area contributed by atoms with Gasteiger partial charge in [0, 0.05) is 12.7 Å². The second-order valence-electron chi connectivity index (χ2n) is 5.44. The lowest BCUT2D eigenvalue weighted by Crippen LogP contribution is -2.35. The van der Waals surface area contributed by atoms with Gasteiger partial charge in [0.15, 0.2) is 5.82 Å². The molecule has 1 aliphatic carbocycles. The third-order valence-electron chi connectivity index (χ3n) is 4.28. The number of nitrogens with one attached hydrogen (secondary N) is 2. The molecule has 0 aliphatic heterocycles. The van der Waals surface area contributed by atoms with Crippen LogP contribution in [-0.4, -0.2) is 17.4 Å². The monoisotopic (exact) mass is 296 g/mol. The molecule has 1 aromatic heterocycles. The Hall–Kier alpha value is -1.33. The highest BCUT2D eigenvalue weighted by molar-refractivity contribution is 6.33. The number of nitrogen functional groups attached to an aromatic ring is 1. The summed E-state index contributed by atoms with van der Waals surface area (Å²) in [5.41, 5.74) is 3.10. The van der Waals surface area contributed by atoms with Crippen LogP contribution in [-0.2, 0) is 0 Å². The van der Waals surface area contributed by atoms with Gasteiger partial charge < -0.3 is 10.7 Å². The molecule has 1 aromatic rings. The number of nitrogens with two attached hydrogens (primary N) is 1. The van der Waals surface area contributed by atoms with E-state index >= 15 is 0 Å². The van der Waals surface area contributed by atoms with Gasteiger partial charge in [-0.25, -0.2) is 10.8 Å². The molecule has 1 heterocycles. The molecule has 1 amide bonds. The lowest BCUT2D eigenvalue weighted by molar-refractivity contribution is 0.0928. The summed E-state index contributed by atoms with van der Waals surface area (Å²) < 4.78 is 0. The molecule has 1 aliphatic rings. The van der Waals surface area contributed by atoms with Crippen molar-refractivity contribution in [1.82, 2.24) is 10.3 Å². The number of aromatic nitrogens is 1. The van der Waals surface area contributed by atoms with Gasteiger partial charge in [0.1, 0.15) is 0 Å². The molecular weight excluding hydrogens is 276 g/mol. The van der Waals surface area contributed by atoms with E-state index in [1.54, 1.807) is 6.07 Å². The fraction of sp³-hybridized carbons (Fsp3) is 0.571. The van der Waals surface area contributed by atoms with Crippen LogP contribution in [0.4, 0.5) is 5.82 Å². The van der Waals surface area contributed by atoms with Crippen LogP contribution in [0, 0.1) is 5.41 Å². The smallest absolute Gasteiger partial charge is 0.252 e. The summed E-state index contributed by atoms with van der Waals surface area (Å²) in [5, 5.41) is 3.35. The molecule has 0 radical (unpaired) electrons. The molecule has 110 valence electrons. The average molecular weight is 297 g/mol. The summed E-state index contributed by atoms with van der Waals surface area (Å²) in [6, 6.07) is 1.58. The molecule has 1 fully saturated rings. The fourth-order valence-electron chi connectivity index (χ4n) is 2.82. The van der Waals surface area contributed by atoms with Gasteiger partial charge in [0.05, 0.1) is 10.6 Å². The van der Waals surface area contributed by atoms with Crippen LogP contribution in [0.15, 0.2) is 12.3 Å². The third kappa shape index (κ3) is 3.22. The summed E-state index contributed by atoms with van der Waals surface area (Å²) in [6.07, 6.45) is 7.48. The second kappa shape index (κ2) is 6.41. The lowest BCUT2D eigenvalue weighted by atomic mass is 9.83. The van der Waals surface area contributed by atoms with E-state index in [0.29, 0.717) is 16.4 Å². The van der Waals surface area contributed by atoms with Gasteiger partial charge in [-0.1, -0.05) is 31.4 Å². The molecule has 0 saturated heterocycles. The Labute approximate surface area is 124 Å². The van der Waals surface area contributed by atoms with Gasteiger partial charge >= 0.3 is 0 Å². The van der Waals surface area contributed by atoms with E-state index in [2.05, 4.69) is 22.7 Å². The second-order valence-corrected chi connectivity index (χ2v) is 5.85. The summed E-state index contributed by atoms with van der Waals surface area (Å²) >= 11 is 5.97. The van der Waals surface area contributed by atoms with Crippen LogP contribution < -0.4 is 16.6 Å². The Kier molecular flexibility index (Phi) is 4.83. The summed E-state index contributed by atoms with van der Waals surface area (Å²) in [6.45, 7) is 2.91. The maximum Gasteiger partial charge on any atom is 0.252 e. The molecule has 20 heavy (non-hydrogen) atoms. The van der Waals surface area contributed by atoms with Crippen molar-refractivity contribution >= 4 is 23.3 Å². The van der Waals surface area contributed by atoms with Crippen molar-refractivity contribution in [3.63, 3.8) is 0 Å². The Balaban J connectivity index is 1.99. The maximum atomic E-state index is 12.1. The molecule has 4 N–H and O–H groups in total. The normalized spacial score (nSPS) is 16.9. The van der Waals surface area contributed by atoms with E-state index in [0.717, 1.165) is 13.0 Å². The number of halogens is 1. The number of carbonyl (C=O) groups excluding carboxylic acids is 1. The molecule has 0 bridgehead atoms. The summed E-state index contributed by atoms with van der Waals surface area (Å²) in [5.74, 6) is 5.48. The molecule has 0 atom stereocenters. The van der Waals surface area contributed by atoms with Crippen molar-refractivity contribution in [2.24, 2.45) is 11.3 Å². The Morgan fingerprint density at radius 3 is 2.75 bits per heavy atom. The minimum atomic E-state index is -0.136. The quantitative estimate of drug-likeness (QED) is 0.576. The molecule has 0 spiro atoms. The van der Waals surface area contributed by atoms with Gasteiger partial charge in [-0.3, -0.25) is 4.79 Å². The van der Waals surface area contributed by atoms with E-state index in [-0.39, 0.29) is 11.3 Å². The number of amides is 1. The zero-order valence-electron chi connectivity index (χ0n) is 11.7. The van der Waals surface area contributed by atoms with Gasteiger partial charge in [-0.15, -0.1) is 0 Å². The van der Waals surface area contributed by atoms with Gasteiger partial charge in [0.2, 0.25) is 0 Å². The average Bonchev–Trinajstić information content (AvgIpc) is 2.94. The van der Waals surface area contributed by atoms with Gasteiger partial charge in [-0.05, 0) is 30.7 Å². The van der Waals surface area contributed by atoms with Crippen molar-refractivity contribution in [3.05, 3.63) is 22.8 Å². The number of carbonyl (C=O) groups is 1. The molecule has 0 unspecified atom stereocenters. The first-order chi connectivity index (χ1) is 9.60. The van der Waals surface area contributed by atoms with E-state index in [4.69, 9.17) is 17.4 Å². The van der Waals surface area contributed by atoms with Crippen molar-refractivity contribution in [2.75, 3.05) is 12.0 Å². The van der Waals surface area contributed by atoms with Gasteiger partial charge in [-0.2, -0.15) is 0 Å². The minimum absolute atomic E-state index is 0.136. The van der Waals surface area contributed by atoms with E-state index < -0.39 is 0 Å². The molecule has 6 heteroatoms. The zero-order valence-corrected chi connectivity index (χ0v) is 12.5. The Morgan fingerprint density at radius 2 is 2.20 bits per heavy atom. The number of anilines is 1. The van der Waals surface area contributed by atoms with Crippen LogP contribution >= 0.6 is 11.6 Å². The van der Waals surface area contributed by atoms with Crippen LogP contribution in [0.2, 0.25) is 5.02 Å². The number of hydrogen-bond acceptors (Lipinski definition) is 4. The van der Waals surface area contributed by atoms with Crippen LogP contribution in [0.5, 0.6) is 0 Å². The first kappa shape index (κ1) is 15.1. The van der Waals surface area contributed by atoms with E-state index in [1.165, 1.54) is 31.9 Å². The third-order valence-corrected chi connectivity index (χ3v) is 4.57. The first-order valence-electron chi connectivity index (χ1n) is 7.00. The predicted octanol–water partition coefficient (Wildman–Crippen LogP) is 2.72. The van der Waals surface area contributed by atoms with Crippen molar-refractivity contribution < 1.29 is 4.79 Å². The lowest BCUT2D eigenvalue weighted by Gasteiger charge is -2.27. The van der Waals surface area contributed by atoms with Crippen LogP contribution in [0.25, 0.3) is 0 Å². The number of hydrazine groups is 1. The van der Waals surface area contributed by atoms with Crippen molar-refractivity contribution in [1.29, 1.82) is 0 Å². The van der Waals surface area contributed by atoms with Crippen LogP contribution in [0.1, 0.15) is 49.4 Å². The molecule has 1 saturated carbocycles. The first-order valence-corrected chi connectivity index (χ1v) is 7.38. The largest absolute Gasteiger partial charge is 0.351 e. The zero-order chi connectivity index (χ0) is 14.6. The van der Waals surface area contributed by atoms with E-state index in [9.17, 15) is 4.79 Å². The van der Waals surface area contributed by atoms with Crippen LogP contribution in [0.3, 0.4) is 0 Å². The van der Waals surface area contributed by atoms with Crippen molar-refractivity contribution in [2.45, 2.75) is 39.0 Å². The number of nitrogens with zero attached hydrogens (tertiary/aromatic N) is 1. The highest BCUT2D eigenvalue weighted by Gasteiger charge is 2.32. The summed E-state index contributed by atoms with van der Waals surface area (Å²) in [7, 11) is 0. The topological polar surface area (TPSA) is 80.0 Å². The number of hydrogen-bond donors (Lipinski definition) is 3. The highest BCUT2D eigenvalue weighted by Crippen LogP contribution is 2.40. The summed E-state index contributed by atoms with van der Waals surface area (Å²) in [4.78, 5) is 16.2. The van der Waals surface area contributed by atoms with Gasteiger partial charge in [0.25, 0.3) is 5.91 Å². The molecule has 2 rings (SSSR count). The van der Waals surface area contributed by atoms with Crippen molar-refractivity contribution in [3.8, 4) is 0 Å². The molecule has 0 aromatic carbocycles. The Morgan fingerprint density at radius 1 is 1.50 bits per heavy atom. The predicted molar refractivity (Wildman–Crippen MR) is 80.6 cm³/mol. The molecule has 5 nitrogen and oxygen atoms in total. The number of pyridine rings is 1.